The van der Waals surface area contributed by atoms with Crippen molar-refractivity contribution in [1.82, 2.24) is 10.6 Å². The number of rotatable bonds is 7. The van der Waals surface area contributed by atoms with E-state index in [0.717, 1.165) is 42.7 Å². The van der Waals surface area contributed by atoms with E-state index in [1.807, 2.05) is 17.8 Å². The maximum absolute atomic E-state index is 10.3. The highest BCUT2D eigenvalue weighted by molar-refractivity contribution is 14.0. The van der Waals surface area contributed by atoms with Gasteiger partial charge in [0, 0.05) is 29.5 Å². The lowest BCUT2D eigenvalue weighted by Gasteiger charge is -2.19. The summed E-state index contributed by atoms with van der Waals surface area (Å²) >= 11 is 3.63. The predicted octanol–water partition coefficient (Wildman–Crippen LogP) is 2.82. The van der Waals surface area contributed by atoms with E-state index in [1.54, 1.807) is 11.8 Å². The summed E-state index contributed by atoms with van der Waals surface area (Å²) in [4.78, 5) is 5.81. The Morgan fingerprint density at radius 2 is 2.13 bits per heavy atom. The molecule has 1 aromatic carbocycles. The van der Waals surface area contributed by atoms with Gasteiger partial charge < -0.3 is 15.7 Å². The number of halogens is 1. The largest absolute Gasteiger partial charge is 0.387 e. The highest BCUT2D eigenvalue weighted by atomic mass is 127. The van der Waals surface area contributed by atoms with Crippen LogP contribution >= 0.6 is 47.5 Å². The van der Waals surface area contributed by atoms with Crippen LogP contribution in [0.1, 0.15) is 13.3 Å². The Bertz CT molecular complexity index is 468. The monoisotopic (exact) mass is 467 g/mol. The van der Waals surface area contributed by atoms with Gasteiger partial charge in [-0.3, -0.25) is 4.99 Å². The summed E-state index contributed by atoms with van der Waals surface area (Å²) in [6.07, 6.45) is 0.838. The van der Waals surface area contributed by atoms with Crippen molar-refractivity contribution in [3.8, 4) is 0 Å². The Morgan fingerprint density at radius 3 is 2.78 bits per heavy atom. The molecule has 1 aromatic rings. The topological polar surface area (TPSA) is 56.7 Å². The van der Waals surface area contributed by atoms with Crippen LogP contribution < -0.4 is 10.6 Å². The molecule has 1 atom stereocenters. The van der Waals surface area contributed by atoms with E-state index in [-0.39, 0.29) is 24.0 Å². The fourth-order valence-corrected chi connectivity index (χ4v) is 4.22. The highest BCUT2D eigenvalue weighted by Gasteiger charge is 2.31. The molecule has 1 saturated heterocycles. The Labute approximate surface area is 164 Å². The molecule has 3 N–H and O–H groups in total. The molecule has 1 aliphatic rings. The molecule has 1 heterocycles. The first-order chi connectivity index (χ1) is 10.7. The van der Waals surface area contributed by atoms with Crippen LogP contribution in [-0.2, 0) is 0 Å². The molecule has 0 aliphatic carbocycles. The summed E-state index contributed by atoms with van der Waals surface area (Å²) in [5.41, 5.74) is -0.619. The summed E-state index contributed by atoms with van der Waals surface area (Å²) in [6.45, 7) is 4.20. The maximum atomic E-state index is 10.3. The van der Waals surface area contributed by atoms with Gasteiger partial charge in [-0.2, -0.15) is 11.8 Å². The van der Waals surface area contributed by atoms with E-state index >= 15 is 0 Å². The van der Waals surface area contributed by atoms with Gasteiger partial charge in [-0.15, -0.1) is 35.7 Å². The zero-order valence-electron chi connectivity index (χ0n) is 13.5. The second-order valence-electron chi connectivity index (χ2n) is 5.31. The minimum absolute atomic E-state index is 0. The highest BCUT2D eigenvalue weighted by Crippen LogP contribution is 2.27. The molecule has 0 radical (unpaired) electrons. The van der Waals surface area contributed by atoms with Crippen LogP contribution in [0, 0.1) is 0 Å². The van der Waals surface area contributed by atoms with E-state index in [1.165, 1.54) is 4.90 Å². The lowest BCUT2D eigenvalue weighted by molar-refractivity contribution is 0.0778. The van der Waals surface area contributed by atoms with Crippen LogP contribution in [0.3, 0.4) is 0 Å². The molecule has 1 fully saturated rings. The van der Waals surface area contributed by atoms with E-state index in [4.69, 9.17) is 0 Å². The third-order valence-electron chi connectivity index (χ3n) is 3.36. The molecule has 23 heavy (non-hydrogen) atoms. The van der Waals surface area contributed by atoms with Crippen LogP contribution in [0.4, 0.5) is 0 Å². The molecule has 0 spiro atoms. The summed E-state index contributed by atoms with van der Waals surface area (Å²) in [5.74, 6) is 3.60. The quantitative estimate of drug-likeness (QED) is 0.189. The average Bonchev–Trinajstić information content (AvgIpc) is 2.97. The van der Waals surface area contributed by atoms with Crippen LogP contribution in [0.5, 0.6) is 0 Å². The van der Waals surface area contributed by atoms with Gasteiger partial charge in [0.2, 0.25) is 0 Å². The Kier molecular flexibility index (Phi) is 10.4. The zero-order chi connectivity index (χ0) is 15.7. The van der Waals surface area contributed by atoms with Crippen molar-refractivity contribution >= 4 is 53.5 Å². The Balaban J connectivity index is 0.00000264. The number of aliphatic hydroxyl groups is 1. The fraction of sp³-hybridized carbons (Fsp3) is 0.562. The zero-order valence-corrected chi connectivity index (χ0v) is 17.4. The van der Waals surface area contributed by atoms with Gasteiger partial charge in [0.05, 0.1) is 12.1 Å². The summed E-state index contributed by atoms with van der Waals surface area (Å²) in [6, 6.07) is 10.4. The number of aliphatic imine (C=N–C) groups is 1. The molecule has 7 heteroatoms. The molecule has 0 aromatic heterocycles. The molecule has 0 saturated carbocycles. The Hall–Kier alpha value is -0.120. The van der Waals surface area contributed by atoms with Crippen molar-refractivity contribution in [2.75, 3.05) is 36.9 Å². The lowest BCUT2D eigenvalue weighted by Crippen LogP contribution is -2.41. The third-order valence-corrected chi connectivity index (χ3v) is 5.61. The van der Waals surface area contributed by atoms with Crippen molar-refractivity contribution < 1.29 is 5.11 Å². The molecule has 130 valence electrons. The minimum atomic E-state index is -0.619. The van der Waals surface area contributed by atoms with Crippen LogP contribution in [0.15, 0.2) is 40.2 Å². The molecule has 2 rings (SSSR count). The first kappa shape index (κ1) is 20.9. The molecule has 0 bridgehead atoms. The fourth-order valence-electron chi connectivity index (χ4n) is 2.14. The molecule has 1 unspecified atom stereocenters. The standard InChI is InChI=1S/C16H25N3OS2.HI/c1-2-17-15(19-12-16(20)8-10-21-13-16)18-9-11-22-14-6-4-3-5-7-14;/h3-7,20H,2,8-13H2,1H3,(H2,17,18,19);1H. The van der Waals surface area contributed by atoms with Gasteiger partial charge in [-0.1, -0.05) is 18.2 Å². The van der Waals surface area contributed by atoms with Gasteiger partial charge in [0.1, 0.15) is 0 Å². The molecule has 4 nitrogen and oxygen atoms in total. The normalized spacial score (nSPS) is 20.9. The van der Waals surface area contributed by atoms with E-state index < -0.39 is 5.60 Å². The number of thioether (sulfide) groups is 2. The third kappa shape index (κ3) is 8.00. The van der Waals surface area contributed by atoms with E-state index in [2.05, 4.69) is 46.8 Å². The van der Waals surface area contributed by atoms with Gasteiger partial charge in [0.25, 0.3) is 0 Å². The summed E-state index contributed by atoms with van der Waals surface area (Å²) < 4.78 is 0. The predicted molar refractivity (Wildman–Crippen MR) is 113 cm³/mol. The first-order valence-electron chi connectivity index (χ1n) is 7.72. The number of guanidine groups is 1. The Morgan fingerprint density at radius 1 is 1.35 bits per heavy atom. The number of benzene rings is 1. The van der Waals surface area contributed by atoms with Gasteiger partial charge >= 0.3 is 0 Å². The van der Waals surface area contributed by atoms with Gasteiger partial charge in [0.15, 0.2) is 5.96 Å². The number of hydrogen-bond acceptors (Lipinski definition) is 4. The maximum Gasteiger partial charge on any atom is 0.191 e. The van der Waals surface area contributed by atoms with Crippen LogP contribution in [0.2, 0.25) is 0 Å². The molecule has 0 amide bonds. The van der Waals surface area contributed by atoms with E-state index in [9.17, 15) is 5.11 Å². The smallest absolute Gasteiger partial charge is 0.191 e. The molecular weight excluding hydrogens is 441 g/mol. The lowest BCUT2D eigenvalue weighted by atomic mass is 10.1. The van der Waals surface area contributed by atoms with Crippen molar-refractivity contribution in [3.05, 3.63) is 30.3 Å². The van der Waals surface area contributed by atoms with Crippen molar-refractivity contribution in [1.29, 1.82) is 0 Å². The second kappa shape index (κ2) is 11.4. The van der Waals surface area contributed by atoms with Gasteiger partial charge in [-0.05, 0) is 31.2 Å². The van der Waals surface area contributed by atoms with Gasteiger partial charge in [-0.25, -0.2) is 0 Å². The van der Waals surface area contributed by atoms with Crippen molar-refractivity contribution in [3.63, 3.8) is 0 Å². The van der Waals surface area contributed by atoms with Crippen LogP contribution in [0.25, 0.3) is 0 Å². The number of hydrogen-bond donors (Lipinski definition) is 3. The second-order valence-corrected chi connectivity index (χ2v) is 7.58. The number of nitrogens with one attached hydrogen (secondary N) is 2. The summed E-state index contributed by atoms with van der Waals surface area (Å²) in [7, 11) is 0. The molecular formula is C16H26IN3OS2. The molecule has 1 aliphatic heterocycles. The summed E-state index contributed by atoms with van der Waals surface area (Å²) in [5, 5.41) is 16.9. The first-order valence-corrected chi connectivity index (χ1v) is 9.86. The van der Waals surface area contributed by atoms with E-state index in [0.29, 0.717) is 6.54 Å². The average molecular weight is 467 g/mol. The number of nitrogens with zero attached hydrogens (tertiary/aromatic N) is 1. The van der Waals surface area contributed by atoms with Crippen molar-refractivity contribution in [2.45, 2.75) is 23.8 Å². The minimum Gasteiger partial charge on any atom is -0.387 e. The van der Waals surface area contributed by atoms with Crippen molar-refractivity contribution in [2.24, 2.45) is 4.99 Å². The SMILES string of the molecule is CCNC(=NCC1(O)CCSC1)NCCSc1ccccc1.I. The van der Waals surface area contributed by atoms with Crippen LogP contribution in [-0.4, -0.2) is 53.6 Å².